The van der Waals surface area contributed by atoms with Crippen LogP contribution >= 0.6 is 0 Å². The number of rotatable bonds is 8. The lowest BCUT2D eigenvalue weighted by atomic mass is 10.0. The molecule has 0 spiro atoms. The Balaban J connectivity index is 2.29. The molecule has 2 atom stereocenters. The largest absolute Gasteiger partial charge is 0.497 e. The highest BCUT2D eigenvalue weighted by molar-refractivity contribution is 7.92. The number of aryl methyl sites for hydroxylation is 1. The molecular formula is C21H28N2O4S. The van der Waals surface area contributed by atoms with Crippen LogP contribution in [0.5, 0.6) is 5.75 Å². The number of hydrogen-bond acceptors (Lipinski definition) is 4. The molecule has 0 aliphatic heterocycles. The van der Waals surface area contributed by atoms with E-state index in [0.29, 0.717) is 17.9 Å². The summed E-state index contributed by atoms with van der Waals surface area (Å²) in [5.74, 6) is 0.158. The number of benzene rings is 2. The van der Waals surface area contributed by atoms with Crippen LogP contribution in [0.25, 0.3) is 0 Å². The van der Waals surface area contributed by atoms with Crippen molar-refractivity contribution in [2.75, 3.05) is 17.7 Å². The first kappa shape index (κ1) is 21.8. The van der Waals surface area contributed by atoms with Crippen LogP contribution in [0.15, 0.2) is 48.5 Å². The minimum Gasteiger partial charge on any atom is -0.497 e. The Hall–Kier alpha value is -2.54. The molecule has 6 nitrogen and oxygen atoms in total. The van der Waals surface area contributed by atoms with E-state index in [-0.39, 0.29) is 11.9 Å². The van der Waals surface area contributed by atoms with Gasteiger partial charge < -0.3 is 10.1 Å². The molecule has 2 aromatic rings. The van der Waals surface area contributed by atoms with E-state index >= 15 is 0 Å². The topological polar surface area (TPSA) is 75.7 Å². The maximum atomic E-state index is 12.9. The van der Waals surface area contributed by atoms with Crippen molar-refractivity contribution in [3.63, 3.8) is 0 Å². The molecule has 2 rings (SSSR count). The molecule has 0 aliphatic carbocycles. The van der Waals surface area contributed by atoms with E-state index in [2.05, 4.69) is 5.32 Å². The molecule has 0 bridgehead atoms. The van der Waals surface area contributed by atoms with Crippen LogP contribution in [0.4, 0.5) is 5.69 Å². The monoisotopic (exact) mass is 404 g/mol. The van der Waals surface area contributed by atoms with Crippen molar-refractivity contribution < 1.29 is 17.9 Å². The Morgan fingerprint density at radius 3 is 2.36 bits per heavy atom. The molecule has 0 radical (unpaired) electrons. The van der Waals surface area contributed by atoms with Crippen LogP contribution in [-0.2, 0) is 14.8 Å². The number of nitrogens with one attached hydrogen (secondary N) is 1. The molecule has 0 fully saturated rings. The molecule has 0 aromatic heterocycles. The molecule has 152 valence electrons. The van der Waals surface area contributed by atoms with E-state index < -0.39 is 16.1 Å². The van der Waals surface area contributed by atoms with Crippen LogP contribution in [0.2, 0.25) is 0 Å². The minimum atomic E-state index is -3.68. The lowest BCUT2D eigenvalue weighted by Gasteiger charge is -2.30. The van der Waals surface area contributed by atoms with Gasteiger partial charge >= 0.3 is 0 Å². The summed E-state index contributed by atoms with van der Waals surface area (Å²) >= 11 is 0. The summed E-state index contributed by atoms with van der Waals surface area (Å²) in [5, 5.41) is 2.98. The first-order valence-corrected chi connectivity index (χ1v) is 11.0. The Labute approximate surface area is 167 Å². The van der Waals surface area contributed by atoms with Gasteiger partial charge in [-0.3, -0.25) is 9.10 Å². The average Bonchev–Trinajstić information content (AvgIpc) is 2.65. The van der Waals surface area contributed by atoms with Crippen molar-refractivity contribution in [3.8, 4) is 5.75 Å². The summed E-state index contributed by atoms with van der Waals surface area (Å²) in [7, 11) is -2.18. The molecule has 1 amide bonds. The summed E-state index contributed by atoms with van der Waals surface area (Å²) in [4.78, 5) is 12.9. The number of anilines is 1. The van der Waals surface area contributed by atoms with Crippen molar-refractivity contribution >= 4 is 21.6 Å². The quantitative estimate of drug-likeness (QED) is 0.731. The Bertz CT molecular complexity index is 910. The highest BCUT2D eigenvalue weighted by Gasteiger charge is 2.30. The maximum Gasteiger partial charge on any atom is 0.244 e. The van der Waals surface area contributed by atoms with Crippen molar-refractivity contribution in [2.45, 2.75) is 39.3 Å². The fraction of sp³-hybridized carbons (Fsp3) is 0.381. The predicted octanol–water partition coefficient (Wildman–Crippen LogP) is 3.43. The third-order valence-electron chi connectivity index (χ3n) is 4.60. The van der Waals surface area contributed by atoms with Crippen molar-refractivity contribution in [1.82, 2.24) is 5.32 Å². The lowest BCUT2D eigenvalue weighted by Crippen LogP contribution is -2.48. The number of carbonyl (C=O) groups is 1. The van der Waals surface area contributed by atoms with Crippen molar-refractivity contribution in [2.24, 2.45) is 0 Å². The zero-order valence-corrected chi connectivity index (χ0v) is 17.8. The highest BCUT2D eigenvalue weighted by Crippen LogP contribution is 2.26. The van der Waals surface area contributed by atoms with Gasteiger partial charge in [0.1, 0.15) is 11.8 Å². The van der Waals surface area contributed by atoms with E-state index in [4.69, 9.17) is 4.74 Å². The van der Waals surface area contributed by atoms with Crippen LogP contribution < -0.4 is 14.4 Å². The minimum absolute atomic E-state index is 0.192. The fourth-order valence-corrected chi connectivity index (χ4v) is 4.24. The van der Waals surface area contributed by atoms with Crippen LogP contribution in [-0.4, -0.2) is 33.7 Å². The summed E-state index contributed by atoms with van der Waals surface area (Å²) in [6, 6.07) is 13.5. The molecule has 0 unspecified atom stereocenters. The standard InChI is InChI=1S/C21H28N2O4S/c1-6-20(17-12-10-15(2)11-13-17)22-21(24)16(3)23(28(5,25)26)18-8-7-9-19(14-18)27-4/h7-14,16,20H,6H2,1-5H3,(H,22,24)/t16-,20+/m1/s1. The number of sulfonamides is 1. The molecule has 0 heterocycles. The van der Waals surface area contributed by atoms with Gasteiger partial charge in [0.15, 0.2) is 0 Å². The van der Waals surface area contributed by atoms with Gasteiger partial charge in [-0.15, -0.1) is 0 Å². The molecule has 0 saturated heterocycles. The molecule has 0 saturated carbocycles. The molecule has 28 heavy (non-hydrogen) atoms. The smallest absolute Gasteiger partial charge is 0.244 e. The second-order valence-corrected chi connectivity index (χ2v) is 8.68. The molecular weight excluding hydrogens is 376 g/mol. The van der Waals surface area contributed by atoms with Crippen LogP contribution in [0.3, 0.4) is 0 Å². The van der Waals surface area contributed by atoms with Crippen LogP contribution in [0.1, 0.15) is 37.4 Å². The predicted molar refractivity (Wildman–Crippen MR) is 112 cm³/mol. The van der Waals surface area contributed by atoms with Gasteiger partial charge in [0.2, 0.25) is 15.9 Å². The summed E-state index contributed by atoms with van der Waals surface area (Å²) in [6.45, 7) is 5.56. The molecule has 1 N–H and O–H groups in total. The second kappa shape index (κ2) is 9.10. The molecule has 2 aromatic carbocycles. The fourth-order valence-electron chi connectivity index (χ4n) is 3.07. The zero-order valence-electron chi connectivity index (χ0n) is 17.0. The molecule has 7 heteroatoms. The number of hydrogen-bond donors (Lipinski definition) is 1. The van der Waals surface area contributed by atoms with Gasteiger partial charge in [-0.2, -0.15) is 0 Å². The van der Waals surface area contributed by atoms with Gasteiger partial charge in [-0.05, 0) is 38.0 Å². The molecule has 0 aliphatic rings. The SMILES string of the molecule is CC[C@H](NC(=O)[C@@H](C)N(c1cccc(OC)c1)S(C)(=O)=O)c1ccc(C)cc1. The van der Waals surface area contributed by atoms with E-state index in [0.717, 1.165) is 21.7 Å². The summed E-state index contributed by atoms with van der Waals surface area (Å²) < 4.78 is 31.2. The van der Waals surface area contributed by atoms with Crippen molar-refractivity contribution in [3.05, 3.63) is 59.7 Å². The average molecular weight is 405 g/mol. The van der Waals surface area contributed by atoms with Gasteiger partial charge in [0.05, 0.1) is 25.1 Å². The number of ether oxygens (including phenoxy) is 1. The third kappa shape index (κ3) is 5.25. The second-order valence-electron chi connectivity index (χ2n) is 6.82. The van der Waals surface area contributed by atoms with Gasteiger partial charge in [0.25, 0.3) is 0 Å². The number of nitrogens with zero attached hydrogens (tertiary/aromatic N) is 1. The number of carbonyl (C=O) groups excluding carboxylic acids is 1. The summed E-state index contributed by atoms with van der Waals surface area (Å²) in [5.41, 5.74) is 2.51. The Kier molecular flexibility index (Phi) is 7.07. The Morgan fingerprint density at radius 1 is 1.18 bits per heavy atom. The van der Waals surface area contributed by atoms with Crippen LogP contribution in [0, 0.1) is 6.92 Å². The summed E-state index contributed by atoms with van der Waals surface area (Å²) in [6.07, 6.45) is 1.78. The highest BCUT2D eigenvalue weighted by atomic mass is 32.2. The third-order valence-corrected chi connectivity index (χ3v) is 5.84. The lowest BCUT2D eigenvalue weighted by molar-refractivity contribution is -0.122. The van der Waals surface area contributed by atoms with E-state index in [1.165, 1.54) is 7.11 Å². The maximum absolute atomic E-state index is 12.9. The van der Waals surface area contributed by atoms with E-state index in [9.17, 15) is 13.2 Å². The first-order chi connectivity index (χ1) is 13.2. The van der Waals surface area contributed by atoms with Crippen molar-refractivity contribution in [1.29, 1.82) is 0 Å². The van der Waals surface area contributed by atoms with E-state index in [1.54, 1.807) is 31.2 Å². The Morgan fingerprint density at radius 2 is 1.82 bits per heavy atom. The normalized spacial score (nSPS) is 13.5. The van der Waals surface area contributed by atoms with Gasteiger partial charge in [-0.25, -0.2) is 8.42 Å². The van der Waals surface area contributed by atoms with Gasteiger partial charge in [-0.1, -0.05) is 42.8 Å². The van der Waals surface area contributed by atoms with Gasteiger partial charge in [0, 0.05) is 6.07 Å². The first-order valence-electron chi connectivity index (χ1n) is 9.17. The number of amides is 1. The zero-order chi connectivity index (χ0) is 20.9. The number of methoxy groups -OCH3 is 1. The van der Waals surface area contributed by atoms with E-state index in [1.807, 2.05) is 38.1 Å².